The van der Waals surface area contributed by atoms with Gasteiger partial charge in [0.05, 0.1) is 11.6 Å². The van der Waals surface area contributed by atoms with Crippen LogP contribution in [0.5, 0.6) is 5.75 Å². The zero-order chi connectivity index (χ0) is 15.7. The van der Waals surface area contributed by atoms with Gasteiger partial charge in [0.1, 0.15) is 5.75 Å². The summed E-state index contributed by atoms with van der Waals surface area (Å²) < 4.78 is 5.28. The summed E-state index contributed by atoms with van der Waals surface area (Å²) in [4.78, 5) is 34.3. The lowest BCUT2D eigenvalue weighted by Gasteiger charge is -2.19. The second-order valence-corrected chi connectivity index (χ2v) is 5.57. The molecule has 0 aromatic heterocycles. The minimum Gasteiger partial charge on any atom is -0.482 e. The van der Waals surface area contributed by atoms with E-state index in [1.54, 1.807) is 18.2 Å². The number of amides is 2. The minimum absolute atomic E-state index is 0.0685. The maximum atomic E-state index is 12.2. The molecule has 3 N–H and O–H groups in total. The molecule has 22 heavy (non-hydrogen) atoms. The van der Waals surface area contributed by atoms with Crippen molar-refractivity contribution in [2.45, 2.75) is 25.3 Å². The van der Waals surface area contributed by atoms with Crippen LogP contribution in [0.3, 0.4) is 0 Å². The highest BCUT2D eigenvalue weighted by Crippen LogP contribution is 2.29. The zero-order valence-electron chi connectivity index (χ0n) is 11.8. The van der Waals surface area contributed by atoms with Crippen LogP contribution in [-0.4, -0.2) is 35.5 Å². The van der Waals surface area contributed by atoms with Crippen molar-refractivity contribution in [2.24, 2.45) is 5.92 Å². The summed E-state index contributed by atoms with van der Waals surface area (Å²) in [5.41, 5.74) is 0.966. The average molecular weight is 304 g/mol. The lowest BCUT2D eigenvalue weighted by molar-refractivity contribution is -0.141. The van der Waals surface area contributed by atoms with Gasteiger partial charge >= 0.3 is 5.97 Å². The topological polar surface area (TPSA) is 105 Å². The van der Waals surface area contributed by atoms with Crippen molar-refractivity contribution < 1.29 is 24.2 Å². The summed E-state index contributed by atoms with van der Waals surface area (Å²) in [6.45, 7) is -0.0685. The first-order chi connectivity index (χ1) is 10.5. The van der Waals surface area contributed by atoms with Crippen molar-refractivity contribution in [1.29, 1.82) is 0 Å². The Hall–Kier alpha value is -2.57. The lowest BCUT2D eigenvalue weighted by Crippen LogP contribution is -2.33. The van der Waals surface area contributed by atoms with E-state index < -0.39 is 5.97 Å². The third kappa shape index (κ3) is 2.88. The summed E-state index contributed by atoms with van der Waals surface area (Å²) in [7, 11) is 0. The Labute approximate surface area is 126 Å². The van der Waals surface area contributed by atoms with Crippen LogP contribution < -0.4 is 15.4 Å². The van der Waals surface area contributed by atoms with Gasteiger partial charge in [0, 0.05) is 11.6 Å². The number of hydrogen-bond acceptors (Lipinski definition) is 4. The fourth-order valence-corrected chi connectivity index (χ4v) is 2.82. The van der Waals surface area contributed by atoms with Gasteiger partial charge in [-0.15, -0.1) is 0 Å². The van der Waals surface area contributed by atoms with Crippen LogP contribution in [0, 0.1) is 5.92 Å². The monoisotopic (exact) mass is 304 g/mol. The largest absolute Gasteiger partial charge is 0.482 e. The number of carboxylic acids is 1. The Morgan fingerprint density at radius 3 is 2.86 bits per heavy atom. The number of carboxylic acid groups (broad SMARTS) is 1. The van der Waals surface area contributed by atoms with Gasteiger partial charge in [-0.25, -0.2) is 0 Å². The number of rotatable bonds is 3. The summed E-state index contributed by atoms with van der Waals surface area (Å²) in [6, 6.07) is 4.68. The minimum atomic E-state index is -0.810. The first kappa shape index (κ1) is 14.4. The molecule has 116 valence electrons. The molecule has 1 aromatic carbocycles. The second-order valence-electron chi connectivity index (χ2n) is 5.57. The van der Waals surface area contributed by atoms with E-state index >= 15 is 0 Å². The van der Waals surface area contributed by atoms with E-state index in [1.165, 1.54) is 0 Å². The Morgan fingerprint density at radius 2 is 2.14 bits per heavy atom. The van der Waals surface area contributed by atoms with Gasteiger partial charge in [0.25, 0.3) is 11.8 Å². The molecule has 1 aliphatic carbocycles. The maximum Gasteiger partial charge on any atom is 0.306 e. The summed E-state index contributed by atoms with van der Waals surface area (Å²) in [5, 5.41) is 14.5. The highest BCUT2D eigenvalue weighted by molar-refractivity contribution is 5.99. The van der Waals surface area contributed by atoms with Crippen molar-refractivity contribution in [2.75, 3.05) is 11.9 Å². The second kappa shape index (κ2) is 5.67. The number of carbonyl (C=O) groups excluding carboxylic acids is 2. The molecule has 0 saturated heterocycles. The van der Waals surface area contributed by atoms with E-state index in [2.05, 4.69) is 10.6 Å². The number of aliphatic carboxylic acids is 1. The number of fused-ring (bicyclic) bond motifs is 1. The number of ether oxygens (including phenoxy) is 1. The molecule has 1 saturated carbocycles. The molecule has 0 radical (unpaired) electrons. The van der Waals surface area contributed by atoms with Gasteiger partial charge in [-0.05, 0) is 37.5 Å². The van der Waals surface area contributed by atoms with Crippen molar-refractivity contribution in [3.63, 3.8) is 0 Å². The van der Waals surface area contributed by atoms with Crippen LogP contribution in [-0.2, 0) is 9.59 Å². The maximum absolute atomic E-state index is 12.2. The average Bonchev–Trinajstić information content (AvgIpc) is 2.95. The molecule has 0 unspecified atom stereocenters. The smallest absolute Gasteiger partial charge is 0.306 e. The Bertz CT molecular complexity index is 643. The van der Waals surface area contributed by atoms with Crippen molar-refractivity contribution in [1.82, 2.24) is 5.32 Å². The van der Waals surface area contributed by atoms with E-state index in [1.807, 2.05) is 0 Å². The Kier molecular flexibility index (Phi) is 3.70. The Balaban J connectivity index is 1.66. The molecule has 7 heteroatoms. The van der Waals surface area contributed by atoms with Crippen molar-refractivity contribution in [3.8, 4) is 5.75 Å². The Morgan fingerprint density at radius 1 is 1.32 bits per heavy atom. The summed E-state index contributed by atoms with van der Waals surface area (Å²) in [5.74, 6) is -1.22. The van der Waals surface area contributed by atoms with Crippen LogP contribution in [0.25, 0.3) is 0 Å². The number of nitrogens with one attached hydrogen (secondary N) is 2. The van der Waals surface area contributed by atoms with E-state index in [4.69, 9.17) is 9.84 Å². The van der Waals surface area contributed by atoms with Crippen LogP contribution in [0.2, 0.25) is 0 Å². The first-order valence-electron chi connectivity index (χ1n) is 7.13. The molecule has 0 spiro atoms. The molecule has 2 atom stereocenters. The van der Waals surface area contributed by atoms with Gasteiger partial charge in [-0.1, -0.05) is 0 Å². The molecular formula is C15H16N2O5. The van der Waals surface area contributed by atoms with E-state index in [0.717, 1.165) is 0 Å². The highest BCUT2D eigenvalue weighted by atomic mass is 16.5. The standard InChI is InChI=1S/C15H16N2O5/c18-13-7-22-12-6-8(2-4-11(12)17-13)14(19)16-10-3-1-9(5-10)15(20)21/h2,4,6,9-10H,1,3,5,7H2,(H,16,19)(H,17,18)(H,20,21)/t9-,10+/m1/s1. The number of hydrogen-bond donors (Lipinski definition) is 3. The number of carbonyl (C=O) groups is 3. The molecular weight excluding hydrogens is 288 g/mol. The highest BCUT2D eigenvalue weighted by Gasteiger charge is 2.30. The SMILES string of the molecule is O=C1COc2cc(C(=O)N[C@H]3CC[C@@H](C(=O)O)C3)ccc2N1. The lowest BCUT2D eigenvalue weighted by atomic mass is 10.1. The quantitative estimate of drug-likeness (QED) is 0.772. The predicted molar refractivity (Wildman–Crippen MR) is 76.8 cm³/mol. The molecule has 2 amide bonds. The van der Waals surface area contributed by atoms with Gasteiger partial charge in [-0.3, -0.25) is 14.4 Å². The van der Waals surface area contributed by atoms with E-state index in [-0.39, 0.29) is 30.4 Å². The fraction of sp³-hybridized carbons (Fsp3) is 0.400. The fourth-order valence-electron chi connectivity index (χ4n) is 2.82. The van der Waals surface area contributed by atoms with Gasteiger partial charge < -0.3 is 20.5 Å². The zero-order valence-corrected chi connectivity index (χ0v) is 11.8. The van der Waals surface area contributed by atoms with Crippen molar-refractivity contribution >= 4 is 23.5 Å². The van der Waals surface area contributed by atoms with Crippen LogP contribution in [0.1, 0.15) is 29.6 Å². The molecule has 1 fully saturated rings. The summed E-state index contributed by atoms with van der Waals surface area (Å²) in [6.07, 6.45) is 1.71. The summed E-state index contributed by atoms with van der Waals surface area (Å²) >= 11 is 0. The number of benzene rings is 1. The third-order valence-electron chi connectivity index (χ3n) is 3.99. The van der Waals surface area contributed by atoms with Gasteiger partial charge in [0.15, 0.2) is 6.61 Å². The van der Waals surface area contributed by atoms with Crippen LogP contribution >= 0.6 is 0 Å². The van der Waals surface area contributed by atoms with Crippen LogP contribution in [0.15, 0.2) is 18.2 Å². The molecule has 1 aromatic rings. The predicted octanol–water partition coefficient (Wildman–Crippen LogP) is 1.00. The molecule has 7 nitrogen and oxygen atoms in total. The molecule has 1 heterocycles. The van der Waals surface area contributed by atoms with Gasteiger partial charge in [-0.2, -0.15) is 0 Å². The third-order valence-corrected chi connectivity index (χ3v) is 3.99. The normalized spacial score (nSPS) is 23.2. The number of anilines is 1. The van der Waals surface area contributed by atoms with E-state index in [9.17, 15) is 14.4 Å². The molecule has 3 rings (SSSR count). The molecule has 0 bridgehead atoms. The van der Waals surface area contributed by atoms with Gasteiger partial charge in [0.2, 0.25) is 0 Å². The van der Waals surface area contributed by atoms with Crippen molar-refractivity contribution in [3.05, 3.63) is 23.8 Å². The molecule has 1 aliphatic heterocycles. The van der Waals surface area contributed by atoms with E-state index in [0.29, 0.717) is 36.3 Å². The molecule has 2 aliphatic rings. The first-order valence-corrected chi connectivity index (χ1v) is 7.13. The van der Waals surface area contributed by atoms with Crippen LogP contribution in [0.4, 0.5) is 5.69 Å².